The molecule has 0 fully saturated rings. The van der Waals surface area contributed by atoms with Gasteiger partial charge >= 0.3 is 5.97 Å². The van der Waals surface area contributed by atoms with E-state index in [9.17, 15) is 4.79 Å². The fraction of sp³-hybridized carbons (Fsp3) is 0.333. The summed E-state index contributed by atoms with van der Waals surface area (Å²) in [6.45, 7) is 4.14. The van der Waals surface area contributed by atoms with Crippen LogP contribution in [0.3, 0.4) is 0 Å². The highest BCUT2D eigenvalue weighted by atomic mass is 16.4. The molecule has 0 spiro atoms. The average molecular weight is 220 g/mol. The molecule has 0 amide bonds. The summed E-state index contributed by atoms with van der Waals surface area (Å²) < 4.78 is 0. The molecule has 4 heteroatoms. The standard InChI is InChI=1S/C12H16N2O2/c1-9-3-5-11(6-4-9)7-8-13-14-10(2)12(15)16/h3-6,13H,7-8H2,1-2H3,(H,15,16)/b14-10-. The highest BCUT2D eigenvalue weighted by Gasteiger charge is 1.99. The lowest BCUT2D eigenvalue weighted by atomic mass is 10.1. The number of hydrazone groups is 1. The number of benzene rings is 1. The van der Waals surface area contributed by atoms with E-state index in [-0.39, 0.29) is 5.71 Å². The molecule has 1 aromatic carbocycles. The predicted molar refractivity (Wildman–Crippen MR) is 63.6 cm³/mol. The fourth-order valence-electron chi connectivity index (χ4n) is 1.18. The molecule has 0 unspecified atom stereocenters. The van der Waals surface area contributed by atoms with E-state index < -0.39 is 5.97 Å². The lowest BCUT2D eigenvalue weighted by molar-refractivity contribution is -0.129. The summed E-state index contributed by atoms with van der Waals surface area (Å²) >= 11 is 0. The molecule has 0 aromatic heterocycles. The first-order valence-electron chi connectivity index (χ1n) is 5.15. The van der Waals surface area contributed by atoms with E-state index in [1.54, 1.807) is 0 Å². The Kier molecular flexibility index (Phi) is 4.51. The zero-order valence-corrected chi connectivity index (χ0v) is 9.53. The van der Waals surface area contributed by atoms with E-state index in [1.807, 2.05) is 6.92 Å². The third-order valence-corrected chi connectivity index (χ3v) is 2.20. The molecule has 86 valence electrons. The van der Waals surface area contributed by atoms with Crippen molar-refractivity contribution in [1.29, 1.82) is 0 Å². The number of hydrogen-bond acceptors (Lipinski definition) is 3. The van der Waals surface area contributed by atoms with Crippen LogP contribution in [0.1, 0.15) is 18.1 Å². The largest absolute Gasteiger partial charge is 0.477 e. The van der Waals surface area contributed by atoms with Crippen LogP contribution < -0.4 is 5.43 Å². The fourth-order valence-corrected chi connectivity index (χ4v) is 1.18. The van der Waals surface area contributed by atoms with Gasteiger partial charge < -0.3 is 10.5 Å². The SMILES string of the molecule is C/C(=N/NCCc1ccc(C)cc1)C(=O)O. The van der Waals surface area contributed by atoms with Gasteiger partial charge in [-0.3, -0.25) is 0 Å². The number of aliphatic carboxylic acids is 1. The number of hydrogen-bond donors (Lipinski definition) is 2. The Morgan fingerprint density at radius 1 is 1.38 bits per heavy atom. The lowest BCUT2D eigenvalue weighted by Gasteiger charge is -2.02. The van der Waals surface area contributed by atoms with Crippen molar-refractivity contribution in [3.63, 3.8) is 0 Å². The Labute approximate surface area is 95.0 Å². The first-order chi connectivity index (χ1) is 7.59. The van der Waals surface area contributed by atoms with Crippen LogP contribution in [0, 0.1) is 6.92 Å². The van der Waals surface area contributed by atoms with E-state index in [4.69, 9.17) is 5.11 Å². The van der Waals surface area contributed by atoms with Crippen LogP contribution in [0.25, 0.3) is 0 Å². The predicted octanol–water partition coefficient (Wildman–Crippen LogP) is 1.59. The van der Waals surface area contributed by atoms with Crippen molar-refractivity contribution in [3.8, 4) is 0 Å². The zero-order chi connectivity index (χ0) is 12.0. The number of carbonyl (C=O) groups is 1. The van der Waals surface area contributed by atoms with Crippen LogP contribution in [0.4, 0.5) is 0 Å². The van der Waals surface area contributed by atoms with E-state index >= 15 is 0 Å². The summed E-state index contributed by atoms with van der Waals surface area (Å²) in [4.78, 5) is 10.4. The van der Waals surface area contributed by atoms with Gasteiger partial charge in [-0.1, -0.05) is 29.8 Å². The van der Waals surface area contributed by atoms with E-state index in [0.717, 1.165) is 6.42 Å². The highest BCUT2D eigenvalue weighted by molar-refractivity contribution is 6.34. The maximum Gasteiger partial charge on any atom is 0.351 e. The summed E-state index contributed by atoms with van der Waals surface area (Å²) in [5.74, 6) is -0.997. The molecule has 0 heterocycles. The average Bonchev–Trinajstić information content (AvgIpc) is 2.26. The minimum atomic E-state index is -0.997. The van der Waals surface area contributed by atoms with Gasteiger partial charge in [0.15, 0.2) is 0 Å². The van der Waals surface area contributed by atoms with Gasteiger partial charge in [0, 0.05) is 6.54 Å². The van der Waals surface area contributed by atoms with Gasteiger partial charge in [0.25, 0.3) is 0 Å². The van der Waals surface area contributed by atoms with Crippen LogP contribution in [-0.2, 0) is 11.2 Å². The highest BCUT2D eigenvalue weighted by Crippen LogP contribution is 2.02. The Morgan fingerprint density at radius 3 is 2.56 bits per heavy atom. The molecule has 0 saturated carbocycles. The summed E-state index contributed by atoms with van der Waals surface area (Å²) in [6.07, 6.45) is 0.830. The second-order valence-corrected chi connectivity index (χ2v) is 3.65. The normalized spacial score (nSPS) is 11.2. The van der Waals surface area contributed by atoms with Crippen molar-refractivity contribution < 1.29 is 9.90 Å². The van der Waals surface area contributed by atoms with Crippen LogP contribution in [0.5, 0.6) is 0 Å². The molecule has 1 rings (SSSR count). The first-order valence-corrected chi connectivity index (χ1v) is 5.15. The molecule has 0 aliphatic rings. The number of rotatable bonds is 5. The Hall–Kier alpha value is -1.84. The van der Waals surface area contributed by atoms with Crippen LogP contribution in [0.15, 0.2) is 29.4 Å². The molecule has 16 heavy (non-hydrogen) atoms. The van der Waals surface area contributed by atoms with Gasteiger partial charge in [0.05, 0.1) is 0 Å². The summed E-state index contributed by atoms with van der Waals surface area (Å²) in [5.41, 5.74) is 5.25. The summed E-state index contributed by atoms with van der Waals surface area (Å²) in [5, 5.41) is 12.3. The first kappa shape index (κ1) is 12.2. The monoisotopic (exact) mass is 220 g/mol. The van der Waals surface area contributed by atoms with Crippen molar-refractivity contribution in [1.82, 2.24) is 5.43 Å². The molecule has 1 aromatic rings. The number of nitrogens with zero attached hydrogens (tertiary/aromatic N) is 1. The molecule has 0 aliphatic carbocycles. The number of carboxylic acids is 1. The maximum atomic E-state index is 10.4. The minimum absolute atomic E-state index is 0.0731. The summed E-state index contributed by atoms with van der Waals surface area (Å²) in [7, 11) is 0. The van der Waals surface area contributed by atoms with E-state index in [0.29, 0.717) is 6.54 Å². The van der Waals surface area contributed by atoms with Crippen molar-refractivity contribution in [2.45, 2.75) is 20.3 Å². The molecule has 4 nitrogen and oxygen atoms in total. The van der Waals surface area contributed by atoms with Crippen molar-refractivity contribution >= 4 is 11.7 Å². The number of nitrogens with one attached hydrogen (secondary N) is 1. The lowest BCUT2D eigenvalue weighted by Crippen LogP contribution is -2.17. The molecule has 0 atom stereocenters. The van der Waals surface area contributed by atoms with Crippen LogP contribution in [-0.4, -0.2) is 23.3 Å². The number of aryl methyl sites for hydroxylation is 1. The third kappa shape index (κ3) is 4.13. The van der Waals surface area contributed by atoms with E-state index in [2.05, 4.69) is 34.8 Å². The van der Waals surface area contributed by atoms with Crippen LogP contribution in [0.2, 0.25) is 0 Å². The Bertz CT molecular complexity index is 383. The van der Waals surface area contributed by atoms with Crippen molar-refractivity contribution in [3.05, 3.63) is 35.4 Å². The Morgan fingerprint density at radius 2 is 2.00 bits per heavy atom. The molecule has 0 saturated heterocycles. The van der Waals surface area contributed by atoms with Gasteiger partial charge in [-0.2, -0.15) is 5.10 Å². The second-order valence-electron chi connectivity index (χ2n) is 3.65. The molecule has 0 radical (unpaired) electrons. The third-order valence-electron chi connectivity index (χ3n) is 2.20. The molecule has 2 N–H and O–H groups in total. The van der Waals surface area contributed by atoms with E-state index in [1.165, 1.54) is 18.1 Å². The molecular weight excluding hydrogens is 204 g/mol. The number of carboxylic acid groups (broad SMARTS) is 1. The summed E-state index contributed by atoms with van der Waals surface area (Å²) in [6, 6.07) is 8.23. The zero-order valence-electron chi connectivity index (χ0n) is 9.53. The van der Waals surface area contributed by atoms with Gasteiger partial charge in [0.1, 0.15) is 5.71 Å². The maximum absolute atomic E-state index is 10.4. The van der Waals surface area contributed by atoms with Gasteiger partial charge in [-0.25, -0.2) is 4.79 Å². The smallest absolute Gasteiger partial charge is 0.351 e. The molecule has 0 aliphatic heterocycles. The van der Waals surface area contributed by atoms with Crippen molar-refractivity contribution in [2.24, 2.45) is 5.10 Å². The second kappa shape index (κ2) is 5.90. The van der Waals surface area contributed by atoms with Crippen LogP contribution >= 0.6 is 0 Å². The van der Waals surface area contributed by atoms with Gasteiger partial charge in [-0.15, -0.1) is 0 Å². The molecular formula is C12H16N2O2. The minimum Gasteiger partial charge on any atom is -0.477 e. The quantitative estimate of drug-likeness (QED) is 0.450. The van der Waals surface area contributed by atoms with Gasteiger partial charge in [0.2, 0.25) is 0 Å². The topological polar surface area (TPSA) is 61.7 Å². The van der Waals surface area contributed by atoms with Crippen molar-refractivity contribution in [2.75, 3.05) is 6.54 Å². The Balaban J connectivity index is 2.34. The molecule has 0 bridgehead atoms. The van der Waals surface area contributed by atoms with Gasteiger partial charge in [-0.05, 0) is 25.8 Å².